The molecule has 0 aromatic heterocycles. The predicted molar refractivity (Wildman–Crippen MR) is 53.9 cm³/mol. The monoisotopic (exact) mass is 234 g/mol. The van der Waals surface area contributed by atoms with Crippen LogP contribution in [0.1, 0.15) is 13.3 Å². The summed E-state index contributed by atoms with van der Waals surface area (Å²) in [5.41, 5.74) is 0. The van der Waals surface area contributed by atoms with Crippen molar-refractivity contribution in [3.8, 4) is 0 Å². The molecule has 1 aliphatic heterocycles. The van der Waals surface area contributed by atoms with E-state index in [0.29, 0.717) is 13.0 Å². The molecule has 7 heteroatoms. The van der Waals surface area contributed by atoms with E-state index in [2.05, 4.69) is 10.6 Å². The standard InChI is InChI=1S/C8H14N2O4S/c1-2-9-7(11)8(12)10-6-3-4-15(13,14)5-6/h6H,2-5H2,1H3,(H,9,11)(H,10,12). The Kier molecular flexibility index (Phi) is 3.67. The first-order chi connectivity index (χ1) is 6.94. The van der Waals surface area contributed by atoms with Gasteiger partial charge in [0.1, 0.15) is 0 Å². The zero-order chi connectivity index (χ0) is 11.5. The maximum atomic E-state index is 11.2. The molecule has 0 bridgehead atoms. The molecular formula is C8H14N2O4S. The van der Waals surface area contributed by atoms with Crippen LogP contribution in [0.4, 0.5) is 0 Å². The lowest BCUT2D eigenvalue weighted by Crippen LogP contribution is -2.44. The molecule has 1 heterocycles. The Morgan fingerprint density at radius 3 is 2.47 bits per heavy atom. The summed E-state index contributed by atoms with van der Waals surface area (Å²) in [4.78, 5) is 22.2. The molecule has 6 nitrogen and oxygen atoms in total. The van der Waals surface area contributed by atoms with Gasteiger partial charge < -0.3 is 10.6 Å². The van der Waals surface area contributed by atoms with Crippen molar-refractivity contribution in [2.45, 2.75) is 19.4 Å². The summed E-state index contributed by atoms with van der Waals surface area (Å²) in [6.45, 7) is 2.07. The molecule has 86 valence electrons. The van der Waals surface area contributed by atoms with Gasteiger partial charge in [0.25, 0.3) is 0 Å². The molecule has 1 saturated heterocycles. The quantitative estimate of drug-likeness (QED) is 0.564. The number of hydrogen-bond acceptors (Lipinski definition) is 4. The predicted octanol–water partition coefficient (Wildman–Crippen LogP) is -1.57. The number of likely N-dealkylation sites (N-methyl/N-ethyl adjacent to an activating group) is 1. The highest BCUT2D eigenvalue weighted by Crippen LogP contribution is 2.10. The molecule has 0 aromatic rings. The summed E-state index contributed by atoms with van der Waals surface area (Å²) >= 11 is 0. The Bertz CT molecular complexity index is 363. The Labute approximate surface area is 88.3 Å². The average molecular weight is 234 g/mol. The number of amides is 2. The van der Waals surface area contributed by atoms with Crippen molar-refractivity contribution < 1.29 is 18.0 Å². The largest absolute Gasteiger partial charge is 0.348 e. The van der Waals surface area contributed by atoms with E-state index >= 15 is 0 Å². The van der Waals surface area contributed by atoms with Gasteiger partial charge in [-0.25, -0.2) is 8.42 Å². The fourth-order valence-electron chi connectivity index (χ4n) is 1.40. The van der Waals surface area contributed by atoms with Crippen molar-refractivity contribution in [3.05, 3.63) is 0 Å². The summed E-state index contributed by atoms with van der Waals surface area (Å²) in [6.07, 6.45) is 0.382. The molecule has 0 radical (unpaired) electrons. The van der Waals surface area contributed by atoms with E-state index < -0.39 is 27.7 Å². The van der Waals surface area contributed by atoms with E-state index in [1.807, 2.05) is 0 Å². The van der Waals surface area contributed by atoms with Gasteiger partial charge in [-0.3, -0.25) is 9.59 Å². The molecule has 1 rings (SSSR count). The highest BCUT2D eigenvalue weighted by Gasteiger charge is 2.30. The van der Waals surface area contributed by atoms with Crippen molar-refractivity contribution in [1.29, 1.82) is 0 Å². The van der Waals surface area contributed by atoms with E-state index in [1.54, 1.807) is 6.92 Å². The van der Waals surface area contributed by atoms with Crippen molar-refractivity contribution in [2.75, 3.05) is 18.1 Å². The number of sulfone groups is 1. The maximum Gasteiger partial charge on any atom is 0.309 e. The van der Waals surface area contributed by atoms with Crippen LogP contribution in [0.25, 0.3) is 0 Å². The van der Waals surface area contributed by atoms with Crippen LogP contribution in [0.15, 0.2) is 0 Å². The molecule has 0 spiro atoms. The first-order valence-corrected chi connectivity index (χ1v) is 6.56. The molecule has 0 aliphatic carbocycles. The highest BCUT2D eigenvalue weighted by atomic mass is 32.2. The van der Waals surface area contributed by atoms with Crippen LogP contribution in [0.3, 0.4) is 0 Å². The highest BCUT2D eigenvalue weighted by molar-refractivity contribution is 7.91. The van der Waals surface area contributed by atoms with Crippen LogP contribution in [0, 0.1) is 0 Å². The van der Waals surface area contributed by atoms with Crippen LogP contribution in [0.2, 0.25) is 0 Å². The van der Waals surface area contributed by atoms with Crippen LogP contribution in [0.5, 0.6) is 0 Å². The number of rotatable bonds is 2. The Balaban J connectivity index is 2.43. The topological polar surface area (TPSA) is 92.3 Å². The van der Waals surface area contributed by atoms with Gasteiger partial charge in [0, 0.05) is 12.6 Å². The lowest BCUT2D eigenvalue weighted by molar-refractivity contribution is -0.139. The number of nitrogens with one attached hydrogen (secondary N) is 2. The third-order valence-corrected chi connectivity index (χ3v) is 3.88. The van der Waals surface area contributed by atoms with Gasteiger partial charge in [-0.15, -0.1) is 0 Å². The van der Waals surface area contributed by atoms with Crippen LogP contribution in [-0.2, 0) is 19.4 Å². The third-order valence-electron chi connectivity index (χ3n) is 2.11. The second-order valence-electron chi connectivity index (χ2n) is 3.43. The average Bonchev–Trinajstić information content (AvgIpc) is 2.46. The molecule has 0 aromatic carbocycles. The number of hydrogen-bond donors (Lipinski definition) is 2. The van der Waals surface area contributed by atoms with E-state index in [9.17, 15) is 18.0 Å². The molecule has 2 amide bonds. The van der Waals surface area contributed by atoms with Gasteiger partial charge in [0.05, 0.1) is 11.5 Å². The second kappa shape index (κ2) is 4.61. The first-order valence-electron chi connectivity index (χ1n) is 4.73. The zero-order valence-corrected chi connectivity index (χ0v) is 9.26. The number of carbonyl (C=O) groups excluding carboxylic acids is 2. The fraction of sp³-hybridized carbons (Fsp3) is 0.750. The smallest absolute Gasteiger partial charge is 0.309 e. The molecule has 1 aliphatic rings. The van der Waals surface area contributed by atoms with Gasteiger partial charge in [0.2, 0.25) is 0 Å². The van der Waals surface area contributed by atoms with E-state index in [1.165, 1.54) is 0 Å². The summed E-state index contributed by atoms with van der Waals surface area (Å²) in [6, 6.07) is -0.426. The summed E-state index contributed by atoms with van der Waals surface area (Å²) in [5.74, 6) is -1.48. The van der Waals surface area contributed by atoms with Crippen LogP contribution in [-0.4, -0.2) is 44.3 Å². The molecule has 15 heavy (non-hydrogen) atoms. The van der Waals surface area contributed by atoms with Crippen molar-refractivity contribution in [1.82, 2.24) is 10.6 Å². The SMILES string of the molecule is CCNC(=O)C(=O)NC1CCS(=O)(=O)C1. The lowest BCUT2D eigenvalue weighted by atomic mass is 10.2. The Morgan fingerprint density at radius 2 is 2.00 bits per heavy atom. The van der Waals surface area contributed by atoms with Gasteiger partial charge in [-0.2, -0.15) is 0 Å². The Morgan fingerprint density at radius 1 is 1.33 bits per heavy atom. The van der Waals surface area contributed by atoms with Gasteiger partial charge >= 0.3 is 11.8 Å². The third kappa shape index (κ3) is 3.50. The van der Waals surface area contributed by atoms with Gasteiger partial charge in [-0.1, -0.05) is 0 Å². The summed E-state index contributed by atoms with van der Waals surface area (Å²) < 4.78 is 22.1. The Hall–Kier alpha value is -1.11. The number of carbonyl (C=O) groups is 2. The van der Waals surface area contributed by atoms with Crippen molar-refractivity contribution >= 4 is 21.7 Å². The minimum atomic E-state index is -3.03. The van der Waals surface area contributed by atoms with Gasteiger partial charge in [0.15, 0.2) is 9.84 Å². The molecule has 1 unspecified atom stereocenters. The van der Waals surface area contributed by atoms with Crippen LogP contribution >= 0.6 is 0 Å². The van der Waals surface area contributed by atoms with Crippen molar-refractivity contribution in [3.63, 3.8) is 0 Å². The van der Waals surface area contributed by atoms with Gasteiger partial charge in [-0.05, 0) is 13.3 Å². The molecular weight excluding hydrogens is 220 g/mol. The molecule has 2 N–H and O–H groups in total. The maximum absolute atomic E-state index is 11.2. The van der Waals surface area contributed by atoms with Crippen LogP contribution < -0.4 is 10.6 Å². The minimum absolute atomic E-state index is 0.0713. The van der Waals surface area contributed by atoms with E-state index in [-0.39, 0.29) is 11.5 Å². The molecule has 1 atom stereocenters. The van der Waals surface area contributed by atoms with E-state index in [0.717, 1.165) is 0 Å². The first kappa shape index (κ1) is 12.0. The minimum Gasteiger partial charge on any atom is -0.348 e. The molecule has 1 fully saturated rings. The normalized spacial score (nSPS) is 23.4. The summed E-state index contributed by atoms with van der Waals surface area (Å²) in [7, 11) is -3.03. The summed E-state index contributed by atoms with van der Waals surface area (Å²) in [5, 5.41) is 4.73. The zero-order valence-electron chi connectivity index (χ0n) is 8.45. The van der Waals surface area contributed by atoms with Crippen molar-refractivity contribution in [2.24, 2.45) is 0 Å². The fourth-order valence-corrected chi connectivity index (χ4v) is 3.07. The lowest BCUT2D eigenvalue weighted by Gasteiger charge is -2.09. The van der Waals surface area contributed by atoms with E-state index in [4.69, 9.17) is 0 Å². The second-order valence-corrected chi connectivity index (χ2v) is 5.66. The molecule has 0 saturated carbocycles.